The molecule has 0 bridgehead atoms. The number of hydrogen-bond acceptors (Lipinski definition) is 2. The van der Waals surface area contributed by atoms with Gasteiger partial charge in [-0.25, -0.2) is 0 Å². The van der Waals surface area contributed by atoms with Crippen LogP contribution in [0.25, 0.3) is 0 Å². The van der Waals surface area contributed by atoms with Crippen LogP contribution in [-0.4, -0.2) is 17.7 Å². The molecule has 0 aromatic heterocycles. The van der Waals surface area contributed by atoms with Crippen LogP contribution >= 0.6 is 7.26 Å². The van der Waals surface area contributed by atoms with Gasteiger partial charge in [0.2, 0.25) is 0 Å². The molecule has 0 saturated carbocycles. The summed E-state index contributed by atoms with van der Waals surface area (Å²) in [4.78, 5) is 25.4. The summed E-state index contributed by atoms with van der Waals surface area (Å²) in [5, 5.41) is 3.69. The predicted octanol–water partition coefficient (Wildman–Crippen LogP) is 4.82. The third-order valence-corrected chi connectivity index (χ3v) is 10.6. The number of carbonyl (C=O) groups excluding carboxylic acids is 2. The molecule has 0 fully saturated rings. The van der Waals surface area contributed by atoms with Gasteiger partial charge in [0, 0.05) is 0 Å². The number of Topliss-reactive ketones (excluding diaryl/α,β-unsaturated/α-hetero) is 2. The molecule has 3 aromatic carbocycles. The molecule has 0 aliphatic carbocycles. The molecule has 0 aliphatic heterocycles. The number of ketones is 2. The molecule has 3 aromatic rings. The van der Waals surface area contributed by atoms with Gasteiger partial charge in [0.1, 0.15) is 0 Å². The van der Waals surface area contributed by atoms with Crippen LogP contribution in [0, 0.1) is 0 Å². The van der Waals surface area contributed by atoms with E-state index in [0.717, 1.165) is 12.8 Å². The molecular formula is C27H31O2P. The zero-order chi connectivity index (χ0) is 21.2. The third-order valence-electron chi connectivity index (χ3n) is 5.75. The van der Waals surface area contributed by atoms with Crippen LogP contribution in [0.1, 0.15) is 39.0 Å². The van der Waals surface area contributed by atoms with Crippen molar-refractivity contribution in [3.05, 3.63) is 91.0 Å². The van der Waals surface area contributed by atoms with Crippen LogP contribution in [0.3, 0.4) is 0 Å². The number of rotatable bonds is 11. The number of hydrogen-bond donors (Lipinski definition) is 0. The fraction of sp³-hybridized carbons (Fsp3) is 0.259. The molecule has 0 unspecified atom stereocenters. The van der Waals surface area contributed by atoms with Crippen LogP contribution in [-0.2, 0) is 9.59 Å². The van der Waals surface area contributed by atoms with E-state index in [-0.39, 0.29) is 11.6 Å². The van der Waals surface area contributed by atoms with E-state index in [9.17, 15) is 9.59 Å². The Balaban J connectivity index is 1.99. The van der Waals surface area contributed by atoms with Gasteiger partial charge in [0.05, 0.1) is 0 Å². The number of benzene rings is 3. The Bertz CT molecular complexity index is 840. The van der Waals surface area contributed by atoms with Gasteiger partial charge in [0.15, 0.2) is 0 Å². The molecule has 0 atom stereocenters. The monoisotopic (exact) mass is 418 g/mol. The quantitative estimate of drug-likeness (QED) is 0.418. The van der Waals surface area contributed by atoms with Gasteiger partial charge in [-0.2, -0.15) is 0 Å². The van der Waals surface area contributed by atoms with Crippen LogP contribution < -0.4 is 15.9 Å². The molecular weight excluding hydrogens is 387 g/mol. The maximum absolute atomic E-state index is 13.2. The van der Waals surface area contributed by atoms with E-state index in [0.29, 0.717) is 25.4 Å². The molecule has 0 spiro atoms. The second-order valence-corrected chi connectivity index (χ2v) is 11.8. The second-order valence-electron chi connectivity index (χ2n) is 7.86. The van der Waals surface area contributed by atoms with Gasteiger partial charge in [0.25, 0.3) is 0 Å². The van der Waals surface area contributed by atoms with Gasteiger partial charge in [-0.3, -0.25) is 0 Å². The van der Waals surface area contributed by atoms with Crippen LogP contribution in [0.5, 0.6) is 0 Å². The van der Waals surface area contributed by atoms with Crippen LogP contribution in [0.4, 0.5) is 0 Å². The van der Waals surface area contributed by atoms with Crippen molar-refractivity contribution in [2.75, 3.05) is 6.16 Å². The normalized spacial score (nSPS) is 11.8. The Kier molecular flexibility index (Phi) is 8.11. The molecule has 0 N–H and O–H groups in total. The molecule has 156 valence electrons. The van der Waals surface area contributed by atoms with Crippen molar-refractivity contribution in [2.45, 2.75) is 39.0 Å². The summed E-state index contributed by atoms with van der Waals surface area (Å²) in [6.45, 7) is 2.08. The minimum absolute atomic E-state index is 0.183. The predicted molar refractivity (Wildman–Crippen MR) is 130 cm³/mol. The topological polar surface area (TPSA) is 34.1 Å². The molecule has 0 saturated heterocycles. The summed E-state index contributed by atoms with van der Waals surface area (Å²) < 4.78 is 0. The zero-order valence-electron chi connectivity index (χ0n) is 17.7. The van der Waals surface area contributed by atoms with Gasteiger partial charge < -0.3 is 0 Å². The van der Waals surface area contributed by atoms with Gasteiger partial charge in [-0.05, 0) is 0 Å². The van der Waals surface area contributed by atoms with Crippen molar-refractivity contribution in [1.82, 2.24) is 0 Å². The fourth-order valence-electron chi connectivity index (χ4n) is 4.14. The summed E-state index contributed by atoms with van der Waals surface area (Å²) in [5.41, 5.74) is 0. The zero-order valence-corrected chi connectivity index (χ0v) is 18.7. The van der Waals surface area contributed by atoms with Crippen LogP contribution in [0.2, 0.25) is 0 Å². The first-order chi connectivity index (χ1) is 14.7. The minimum atomic E-state index is -2.55. The standard InChI is InChI=1S/C27H31O2P/c1-2-3-13-23(28)20-21-24(29)22-30(25-14-7-4-8-15-25,26-16-9-5-10-17-26)27-18-11-6-12-19-27/h4-12,14-19,30H,2-3,13,20-22H2,1H3. The number of unbranched alkanes of at least 4 members (excludes halogenated alkanes) is 1. The maximum atomic E-state index is 13.2. The van der Waals surface area contributed by atoms with Crippen molar-refractivity contribution in [3.63, 3.8) is 0 Å². The Morgan fingerprint density at radius 2 is 1.00 bits per heavy atom. The van der Waals surface area contributed by atoms with Gasteiger partial charge in [-0.15, -0.1) is 0 Å². The summed E-state index contributed by atoms with van der Waals surface area (Å²) in [7, 11) is -2.55. The van der Waals surface area contributed by atoms with E-state index in [4.69, 9.17) is 0 Å². The molecule has 0 amide bonds. The van der Waals surface area contributed by atoms with Gasteiger partial charge in [-0.1, -0.05) is 0 Å². The molecule has 3 rings (SSSR count). The average molecular weight is 419 g/mol. The van der Waals surface area contributed by atoms with E-state index in [1.165, 1.54) is 15.9 Å². The molecule has 3 heteroatoms. The Morgan fingerprint density at radius 1 is 0.600 bits per heavy atom. The summed E-state index contributed by atoms with van der Waals surface area (Å²) in [6, 6.07) is 31.4. The molecule has 30 heavy (non-hydrogen) atoms. The summed E-state index contributed by atoms with van der Waals surface area (Å²) in [5.74, 6) is 0.389. The van der Waals surface area contributed by atoms with E-state index in [1.807, 2.05) is 18.2 Å². The molecule has 0 radical (unpaired) electrons. The summed E-state index contributed by atoms with van der Waals surface area (Å²) >= 11 is 0. The Hall–Kier alpha value is -2.57. The van der Waals surface area contributed by atoms with E-state index < -0.39 is 7.26 Å². The van der Waals surface area contributed by atoms with Gasteiger partial charge >= 0.3 is 181 Å². The first-order valence-electron chi connectivity index (χ1n) is 10.9. The van der Waals surface area contributed by atoms with E-state index in [2.05, 4.69) is 79.7 Å². The van der Waals surface area contributed by atoms with Crippen LogP contribution in [0.15, 0.2) is 91.0 Å². The Morgan fingerprint density at radius 3 is 1.40 bits per heavy atom. The average Bonchev–Trinajstić information content (AvgIpc) is 2.81. The second kappa shape index (κ2) is 11.0. The first kappa shape index (κ1) is 22.1. The Labute approximate surface area is 180 Å². The van der Waals surface area contributed by atoms with E-state index >= 15 is 0 Å². The van der Waals surface area contributed by atoms with Crippen molar-refractivity contribution in [3.8, 4) is 0 Å². The SMILES string of the molecule is CCCCC(=O)CCC(=O)C[PH](c1ccccc1)(c1ccccc1)c1ccccc1. The first-order valence-corrected chi connectivity index (χ1v) is 13.1. The summed E-state index contributed by atoms with van der Waals surface area (Å²) in [6.07, 6.45) is 3.68. The van der Waals surface area contributed by atoms with Crippen molar-refractivity contribution >= 4 is 34.7 Å². The molecule has 0 aliphatic rings. The fourth-order valence-corrected chi connectivity index (χ4v) is 8.80. The van der Waals surface area contributed by atoms with Crippen molar-refractivity contribution in [2.24, 2.45) is 0 Å². The third kappa shape index (κ3) is 5.32. The van der Waals surface area contributed by atoms with Crippen molar-refractivity contribution < 1.29 is 9.59 Å². The van der Waals surface area contributed by atoms with Crippen molar-refractivity contribution in [1.29, 1.82) is 0 Å². The van der Waals surface area contributed by atoms with E-state index in [1.54, 1.807) is 0 Å². The molecule has 2 nitrogen and oxygen atoms in total. The molecule has 0 heterocycles. The number of carbonyl (C=O) groups is 2.